The molecule has 5 nitrogen and oxygen atoms in total. The molecule has 3 heterocycles. The van der Waals surface area contributed by atoms with Crippen LogP contribution < -0.4 is 4.74 Å². The van der Waals surface area contributed by atoms with Crippen molar-refractivity contribution < 1.29 is 26.7 Å². The molecule has 1 fully saturated rings. The molecule has 38 heavy (non-hydrogen) atoms. The minimum atomic E-state index is -3.29. The van der Waals surface area contributed by atoms with Crippen molar-refractivity contribution in [1.82, 2.24) is 20.1 Å². The van der Waals surface area contributed by atoms with Crippen LogP contribution in [-0.2, 0) is 0 Å². The number of aromatic nitrogens is 3. The number of rotatable bonds is 10. The molecule has 4 aromatic rings. The molecular formula is C28H25F5N4O. The Hall–Kier alpha value is -3.79. The van der Waals surface area contributed by atoms with Gasteiger partial charge in [0, 0.05) is 49.0 Å². The molecule has 1 N–H and O–H groups in total. The Morgan fingerprint density at radius 2 is 1.76 bits per heavy atom. The lowest BCUT2D eigenvalue weighted by molar-refractivity contribution is 0.0662. The second-order valence-electron chi connectivity index (χ2n) is 9.17. The maximum absolute atomic E-state index is 15.3. The van der Waals surface area contributed by atoms with Crippen LogP contribution in [0, 0.1) is 11.9 Å². The highest BCUT2D eigenvalue weighted by molar-refractivity contribution is 6.01. The second-order valence-corrected chi connectivity index (χ2v) is 9.17. The predicted octanol–water partition coefficient (Wildman–Crippen LogP) is 5.94. The van der Waals surface area contributed by atoms with E-state index in [-0.39, 0.29) is 34.7 Å². The van der Waals surface area contributed by atoms with E-state index >= 15 is 4.39 Å². The van der Waals surface area contributed by atoms with Gasteiger partial charge in [-0.15, -0.1) is 0 Å². The smallest absolute Gasteiger partial charge is 0.273 e. The SMILES string of the molecule is FCC1CN(CCOc2ccc(C(=C(c3ccccc3)C(F)C(F)F)c3ccc4n[nH]c(F)c4c3)cn2)C1. The number of likely N-dealkylation sites (tertiary alicyclic amines) is 1. The summed E-state index contributed by atoms with van der Waals surface area (Å²) in [6.07, 6.45) is -4.48. The van der Waals surface area contributed by atoms with Gasteiger partial charge in [-0.1, -0.05) is 36.4 Å². The Morgan fingerprint density at radius 3 is 2.45 bits per heavy atom. The first-order valence-corrected chi connectivity index (χ1v) is 12.2. The number of hydrogen-bond acceptors (Lipinski definition) is 4. The second kappa shape index (κ2) is 11.3. The van der Waals surface area contributed by atoms with Crippen molar-refractivity contribution in [3.63, 3.8) is 0 Å². The van der Waals surface area contributed by atoms with Crippen molar-refractivity contribution in [2.75, 3.05) is 32.9 Å². The van der Waals surface area contributed by atoms with Gasteiger partial charge in [-0.2, -0.15) is 9.49 Å². The number of pyridine rings is 1. The number of allylic oxidation sites excluding steroid dienone is 1. The zero-order valence-electron chi connectivity index (χ0n) is 20.3. The Bertz CT molecular complexity index is 1400. The van der Waals surface area contributed by atoms with Gasteiger partial charge in [0.15, 0.2) is 6.17 Å². The Labute approximate surface area is 215 Å². The van der Waals surface area contributed by atoms with Gasteiger partial charge in [0.2, 0.25) is 11.8 Å². The van der Waals surface area contributed by atoms with Gasteiger partial charge in [0.1, 0.15) is 6.61 Å². The molecule has 1 saturated heterocycles. The van der Waals surface area contributed by atoms with E-state index in [2.05, 4.69) is 20.1 Å². The van der Waals surface area contributed by atoms with Crippen molar-refractivity contribution >= 4 is 22.0 Å². The van der Waals surface area contributed by atoms with E-state index in [9.17, 15) is 17.6 Å². The quantitative estimate of drug-likeness (QED) is 0.205. The number of alkyl halides is 4. The molecule has 10 heteroatoms. The van der Waals surface area contributed by atoms with Crippen LogP contribution in [0.4, 0.5) is 22.0 Å². The van der Waals surface area contributed by atoms with Gasteiger partial charge in [0.25, 0.3) is 6.43 Å². The largest absolute Gasteiger partial charge is 0.476 e. The van der Waals surface area contributed by atoms with Gasteiger partial charge in [-0.05, 0) is 34.9 Å². The van der Waals surface area contributed by atoms with E-state index in [1.807, 2.05) is 0 Å². The summed E-state index contributed by atoms with van der Waals surface area (Å²) in [6.45, 7) is 2.03. The van der Waals surface area contributed by atoms with Crippen LogP contribution in [0.15, 0.2) is 66.9 Å². The molecule has 1 aliphatic heterocycles. The number of nitrogens with zero attached hydrogens (tertiary/aromatic N) is 3. The van der Waals surface area contributed by atoms with Gasteiger partial charge >= 0.3 is 0 Å². The Balaban J connectivity index is 1.52. The normalized spacial score (nSPS) is 15.9. The maximum atomic E-state index is 15.3. The number of H-pyrrole nitrogens is 1. The molecule has 2 aromatic carbocycles. The first-order chi connectivity index (χ1) is 18.4. The fourth-order valence-electron chi connectivity index (χ4n) is 4.65. The molecule has 0 saturated carbocycles. The number of benzene rings is 2. The minimum absolute atomic E-state index is 0.0822. The fourth-order valence-corrected chi connectivity index (χ4v) is 4.65. The first-order valence-electron chi connectivity index (χ1n) is 12.2. The van der Waals surface area contributed by atoms with Crippen LogP contribution >= 0.6 is 0 Å². The summed E-state index contributed by atoms with van der Waals surface area (Å²) in [7, 11) is 0. The van der Waals surface area contributed by atoms with E-state index in [4.69, 9.17) is 4.74 Å². The molecular weight excluding hydrogens is 503 g/mol. The minimum Gasteiger partial charge on any atom is -0.476 e. The lowest BCUT2D eigenvalue weighted by atomic mass is 9.87. The molecule has 0 aliphatic carbocycles. The van der Waals surface area contributed by atoms with Gasteiger partial charge in [0.05, 0.1) is 17.6 Å². The van der Waals surface area contributed by atoms with Crippen molar-refractivity contribution in [3.05, 3.63) is 89.5 Å². The van der Waals surface area contributed by atoms with Gasteiger partial charge in [-0.3, -0.25) is 14.4 Å². The molecule has 0 amide bonds. The number of fused-ring (bicyclic) bond motifs is 1. The average Bonchev–Trinajstić information content (AvgIpc) is 3.29. The van der Waals surface area contributed by atoms with Gasteiger partial charge in [-0.25, -0.2) is 18.2 Å². The lowest BCUT2D eigenvalue weighted by Gasteiger charge is -2.37. The fraction of sp³-hybridized carbons (Fsp3) is 0.286. The van der Waals surface area contributed by atoms with E-state index in [1.54, 1.807) is 48.5 Å². The third-order valence-electron chi connectivity index (χ3n) is 6.58. The topological polar surface area (TPSA) is 54.0 Å². The van der Waals surface area contributed by atoms with E-state index in [0.717, 1.165) is 0 Å². The van der Waals surface area contributed by atoms with E-state index < -0.39 is 18.5 Å². The van der Waals surface area contributed by atoms with E-state index in [0.29, 0.717) is 48.8 Å². The summed E-state index contributed by atoms with van der Waals surface area (Å²) in [5.41, 5.74) is 1.22. The van der Waals surface area contributed by atoms with Crippen LogP contribution in [0.25, 0.3) is 22.0 Å². The molecule has 1 unspecified atom stereocenters. The zero-order chi connectivity index (χ0) is 26.6. The summed E-state index contributed by atoms with van der Waals surface area (Å²) in [5, 5.41) is 6.27. The number of nitrogens with one attached hydrogen (secondary N) is 1. The van der Waals surface area contributed by atoms with Crippen LogP contribution in [-0.4, -0.2) is 65.6 Å². The molecule has 1 atom stereocenters. The van der Waals surface area contributed by atoms with Crippen LogP contribution in [0.5, 0.6) is 5.88 Å². The number of ether oxygens (including phenoxy) is 1. The molecule has 5 rings (SSSR count). The number of halogens is 5. The summed E-state index contributed by atoms with van der Waals surface area (Å²) in [6, 6.07) is 15.8. The summed E-state index contributed by atoms with van der Waals surface area (Å²) in [5.74, 6) is -0.298. The highest BCUT2D eigenvalue weighted by Gasteiger charge is 2.30. The molecule has 0 bridgehead atoms. The standard InChI is InChI=1S/C28H25F5N4O/c29-13-17-15-37(16-17)10-11-38-23-9-7-20(14-34-23)24(19-6-8-22-21(12-19)28(33)36-35-22)25(26(30)27(31)32)18-4-2-1-3-5-18/h1-9,12,14,17,26-27H,10-11,13,15-16H2,(H,35,36). The molecule has 0 radical (unpaired) electrons. The summed E-state index contributed by atoms with van der Waals surface area (Å²) < 4.78 is 75.6. The molecule has 1 aliphatic rings. The van der Waals surface area contributed by atoms with Crippen LogP contribution in [0.3, 0.4) is 0 Å². The summed E-state index contributed by atoms with van der Waals surface area (Å²) in [4.78, 5) is 6.38. The lowest BCUT2D eigenvalue weighted by Crippen LogP contribution is -2.49. The molecule has 0 spiro atoms. The predicted molar refractivity (Wildman–Crippen MR) is 135 cm³/mol. The third-order valence-corrected chi connectivity index (χ3v) is 6.58. The van der Waals surface area contributed by atoms with Crippen molar-refractivity contribution in [2.45, 2.75) is 12.6 Å². The summed E-state index contributed by atoms with van der Waals surface area (Å²) >= 11 is 0. The monoisotopic (exact) mass is 528 g/mol. The molecule has 198 valence electrons. The highest BCUT2D eigenvalue weighted by Crippen LogP contribution is 2.38. The third kappa shape index (κ3) is 5.40. The number of aromatic amines is 1. The molecule has 2 aromatic heterocycles. The van der Waals surface area contributed by atoms with Crippen LogP contribution in [0.2, 0.25) is 0 Å². The zero-order valence-corrected chi connectivity index (χ0v) is 20.3. The Morgan fingerprint density at radius 1 is 1.00 bits per heavy atom. The number of hydrogen-bond donors (Lipinski definition) is 1. The average molecular weight is 529 g/mol. The Kier molecular flexibility index (Phi) is 7.69. The van der Waals surface area contributed by atoms with Crippen LogP contribution in [0.1, 0.15) is 16.7 Å². The maximum Gasteiger partial charge on any atom is 0.273 e. The highest BCUT2D eigenvalue weighted by atomic mass is 19.3. The first kappa shape index (κ1) is 25.8. The van der Waals surface area contributed by atoms with Gasteiger partial charge < -0.3 is 4.74 Å². The van der Waals surface area contributed by atoms with Crippen molar-refractivity contribution in [2.24, 2.45) is 5.92 Å². The van der Waals surface area contributed by atoms with Crippen molar-refractivity contribution in [3.8, 4) is 5.88 Å². The van der Waals surface area contributed by atoms with Crippen molar-refractivity contribution in [1.29, 1.82) is 0 Å². The van der Waals surface area contributed by atoms with E-state index in [1.165, 1.54) is 18.3 Å².